The molecule has 9 atom stereocenters. The molecule has 0 aromatic heterocycles. The minimum atomic E-state index is -1.71. The van der Waals surface area contributed by atoms with E-state index in [0.717, 1.165) is 6.92 Å². The molecule has 0 bridgehead atoms. The molecule has 24 heteroatoms. The Labute approximate surface area is 326 Å². The molecular weight excluding hydrogens is 766 g/mol. The van der Waals surface area contributed by atoms with Gasteiger partial charge in [-0.1, -0.05) is 20.3 Å². The van der Waals surface area contributed by atoms with Gasteiger partial charge in [0.2, 0.25) is 35.4 Å². The first kappa shape index (κ1) is 51.1. The van der Waals surface area contributed by atoms with Gasteiger partial charge < -0.3 is 68.3 Å². The molecule has 0 aromatic carbocycles. The van der Waals surface area contributed by atoms with Crippen LogP contribution in [-0.4, -0.2) is 144 Å². The van der Waals surface area contributed by atoms with Gasteiger partial charge in [-0.2, -0.15) is 0 Å². The molecule has 0 radical (unpaired) electrons. The van der Waals surface area contributed by atoms with Crippen LogP contribution >= 0.6 is 0 Å². The van der Waals surface area contributed by atoms with Crippen molar-refractivity contribution in [3.8, 4) is 0 Å². The zero-order valence-corrected chi connectivity index (χ0v) is 31.8. The molecule has 0 rings (SSSR count). The molecule has 0 heterocycles. The number of nitrogens with two attached hydrogens (primary N) is 1. The lowest BCUT2D eigenvalue weighted by atomic mass is 9.97. The summed E-state index contributed by atoms with van der Waals surface area (Å²) < 4.78 is 0. The number of aliphatic hydroxyl groups excluding tert-OH is 1. The highest BCUT2D eigenvalue weighted by Crippen LogP contribution is 2.11. The van der Waals surface area contributed by atoms with Gasteiger partial charge in [0.15, 0.2) is 0 Å². The van der Waals surface area contributed by atoms with Gasteiger partial charge in [-0.25, -0.2) is 4.79 Å². The maximum absolute atomic E-state index is 13.5. The fraction of sp³-hybridized carbons (Fsp3) is 0.667. The maximum Gasteiger partial charge on any atom is 0.326 e. The third-order valence-corrected chi connectivity index (χ3v) is 8.47. The molecule has 6 amide bonds. The van der Waals surface area contributed by atoms with E-state index < -0.39 is 171 Å². The molecule has 24 nitrogen and oxygen atoms in total. The number of amides is 6. The second-order valence-electron chi connectivity index (χ2n) is 13.2. The summed E-state index contributed by atoms with van der Waals surface area (Å²) in [5, 5.41) is 68.9. The summed E-state index contributed by atoms with van der Waals surface area (Å²) in [6, 6.07) is -11.1. The first-order valence-electron chi connectivity index (χ1n) is 17.8. The van der Waals surface area contributed by atoms with Crippen molar-refractivity contribution in [1.82, 2.24) is 31.9 Å². The largest absolute Gasteiger partial charge is 0.481 e. The van der Waals surface area contributed by atoms with Gasteiger partial charge in [0.05, 0.1) is 6.10 Å². The first-order valence-corrected chi connectivity index (χ1v) is 17.8. The molecule has 0 saturated carbocycles. The Bertz CT molecular complexity index is 1490. The Kier molecular flexibility index (Phi) is 22.7. The Balaban J connectivity index is 6.19. The minimum absolute atomic E-state index is 0.238. The smallest absolute Gasteiger partial charge is 0.326 e. The third kappa shape index (κ3) is 20.0. The summed E-state index contributed by atoms with van der Waals surface area (Å²) >= 11 is 0. The highest BCUT2D eigenvalue weighted by molar-refractivity contribution is 5.97. The van der Waals surface area contributed by atoms with Gasteiger partial charge in [-0.05, 0) is 45.4 Å². The average Bonchev–Trinajstić information content (AvgIpc) is 3.11. The van der Waals surface area contributed by atoms with E-state index in [4.69, 9.17) is 21.1 Å². The standard InChI is InChI=1S/C33H53N7O17/c1-5-14(2)26(32(55)35-15(3)27(50)36-17(6-10-21(42)43)29(52)39-20(33(56)57)9-13-24(48)49)40-30(53)19(8-12-23(46)47)37-28(51)18(7-11-22(44)45)38-31(54)25(34)16(4)41/h14-20,25-26,41H,5-13,34H2,1-4H3,(H,35,55)(H,36,50)(H,37,51)(H,38,54)(H,39,52)(H,40,53)(H,42,43)(H,44,45)(H,46,47)(H,48,49)(H,56,57). The van der Waals surface area contributed by atoms with E-state index in [1.165, 1.54) is 13.8 Å². The monoisotopic (exact) mass is 819 g/mol. The second-order valence-corrected chi connectivity index (χ2v) is 13.2. The lowest BCUT2D eigenvalue weighted by Crippen LogP contribution is -2.60. The van der Waals surface area contributed by atoms with Crippen molar-refractivity contribution >= 4 is 65.3 Å². The van der Waals surface area contributed by atoms with Crippen molar-refractivity contribution in [2.75, 3.05) is 0 Å². The number of carbonyl (C=O) groups is 11. The summed E-state index contributed by atoms with van der Waals surface area (Å²) in [5.74, 6) is -14.2. The fourth-order valence-electron chi connectivity index (χ4n) is 4.79. The van der Waals surface area contributed by atoms with Crippen molar-refractivity contribution in [2.45, 2.75) is 134 Å². The minimum Gasteiger partial charge on any atom is -0.481 e. The first-order chi connectivity index (χ1) is 26.4. The Hall–Kier alpha value is -5.91. The number of aliphatic carboxylic acids is 5. The van der Waals surface area contributed by atoms with E-state index in [2.05, 4.69) is 26.6 Å². The quantitative estimate of drug-likeness (QED) is 0.0360. The van der Waals surface area contributed by atoms with Crippen molar-refractivity contribution in [2.24, 2.45) is 11.7 Å². The maximum atomic E-state index is 13.5. The van der Waals surface area contributed by atoms with E-state index in [0.29, 0.717) is 0 Å². The van der Waals surface area contributed by atoms with Crippen molar-refractivity contribution in [3.05, 3.63) is 0 Å². The summed E-state index contributed by atoms with van der Waals surface area (Å²) in [6.07, 6.45) is -5.90. The second kappa shape index (κ2) is 25.3. The van der Waals surface area contributed by atoms with Gasteiger partial charge in [-0.3, -0.25) is 47.9 Å². The zero-order valence-electron chi connectivity index (χ0n) is 31.8. The predicted molar refractivity (Wildman–Crippen MR) is 191 cm³/mol. The van der Waals surface area contributed by atoms with E-state index >= 15 is 0 Å². The van der Waals surface area contributed by atoms with Gasteiger partial charge in [0, 0.05) is 25.7 Å². The van der Waals surface area contributed by atoms with Gasteiger partial charge >= 0.3 is 29.8 Å². The van der Waals surface area contributed by atoms with Crippen LogP contribution in [0.2, 0.25) is 0 Å². The van der Waals surface area contributed by atoms with Crippen molar-refractivity contribution < 1.29 is 83.4 Å². The average molecular weight is 820 g/mol. The van der Waals surface area contributed by atoms with Crippen LogP contribution in [0, 0.1) is 5.92 Å². The van der Waals surface area contributed by atoms with Gasteiger partial charge in [0.25, 0.3) is 0 Å². The predicted octanol–water partition coefficient (Wildman–Crippen LogP) is -3.79. The highest BCUT2D eigenvalue weighted by atomic mass is 16.4. The third-order valence-electron chi connectivity index (χ3n) is 8.47. The van der Waals surface area contributed by atoms with E-state index in [1.54, 1.807) is 6.92 Å². The van der Waals surface area contributed by atoms with Crippen LogP contribution in [0.1, 0.15) is 85.5 Å². The Morgan fingerprint density at radius 3 is 1.16 bits per heavy atom. The van der Waals surface area contributed by atoms with Gasteiger partial charge in [0.1, 0.15) is 42.3 Å². The van der Waals surface area contributed by atoms with Crippen LogP contribution in [0.15, 0.2) is 0 Å². The summed E-state index contributed by atoms with van der Waals surface area (Å²) in [6.45, 7) is 5.51. The molecule has 0 fully saturated rings. The van der Waals surface area contributed by atoms with Crippen molar-refractivity contribution in [3.63, 3.8) is 0 Å². The molecule has 0 aliphatic rings. The molecule has 0 saturated heterocycles. The molecule has 9 unspecified atom stereocenters. The lowest BCUT2D eigenvalue weighted by Gasteiger charge is -2.29. The normalized spacial score (nSPS) is 15.6. The van der Waals surface area contributed by atoms with Crippen LogP contribution in [0.4, 0.5) is 0 Å². The van der Waals surface area contributed by atoms with E-state index in [-0.39, 0.29) is 6.42 Å². The number of hydrogen-bond donors (Lipinski definition) is 13. The molecular formula is C33H53N7O17. The van der Waals surface area contributed by atoms with Crippen LogP contribution in [0.5, 0.6) is 0 Å². The molecule has 322 valence electrons. The topological polar surface area (TPSA) is 407 Å². The summed E-state index contributed by atoms with van der Waals surface area (Å²) in [7, 11) is 0. The highest BCUT2D eigenvalue weighted by Gasteiger charge is 2.35. The summed E-state index contributed by atoms with van der Waals surface area (Å²) in [5.41, 5.74) is 5.60. The molecule has 0 aromatic rings. The van der Waals surface area contributed by atoms with Crippen LogP contribution in [0.25, 0.3) is 0 Å². The van der Waals surface area contributed by atoms with Gasteiger partial charge in [-0.15, -0.1) is 0 Å². The van der Waals surface area contributed by atoms with Crippen molar-refractivity contribution in [1.29, 1.82) is 0 Å². The van der Waals surface area contributed by atoms with Crippen LogP contribution in [0.3, 0.4) is 0 Å². The molecule has 14 N–H and O–H groups in total. The fourth-order valence-corrected chi connectivity index (χ4v) is 4.79. The number of carboxylic acids is 5. The van der Waals surface area contributed by atoms with E-state index in [9.17, 15) is 68.1 Å². The number of rotatable bonds is 28. The van der Waals surface area contributed by atoms with Crippen LogP contribution < -0.4 is 37.6 Å². The summed E-state index contributed by atoms with van der Waals surface area (Å²) in [4.78, 5) is 135. The Morgan fingerprint density at radius 1 is 0.474 bits per heavy atom. The number of carbonyl (C=O) groups excluding carboxylic acids is 6. The SMILES string of the molecule is CCC(C)C(NC(=O)C(CCC(=O)O)NC(=O)C(CCC(=O)O)NC(=O)C(N)C(C)O)C(=O)NC(C)C(=O)NC(CCC(=O)O)C(=O)NC(CCC(=O)O)C(=O)O. The molecule has 0 aliphatic heterocycles. The zero-order chi connectivity index (χ0) is 44.2. The molecule has 0 aliphatic carbocycles. The van der Waals surface area contributed by atoms with E-state index in [1.807, 2.05) is 5.32 Å². The molecule has 0 spiro atoms. The Morgan fingerprint density at radius 2 is 0.807 bits per heavy atom. The lowest BCUT2D eigenvalue weighted by molar-refractivity contribution is -0.144. The number of nitrogens with one attached hydrogen (secondary N) is 6. The number of hydrogen-bond acceptors (Lipinski definition) is 13. The number of aliphatic hydroxyl groups is 1. The van der Waals surface area contributed by atoms with Crippen LogP contribution in [-0.2, 0) is 52.7 Å². The number of carboxylic acid groups (broad SMARTS) is 5. The molecule has 57 heavy (non-hydrogen) atoms.